The van der Waals surface area contributed by atoms with E-state index in [0.717, 1.165) is 85.9 Å². The van der Waals surface area contributed by atoms with Crippen LogP contribution in [-0.4, -0.2) is 98.7 Å². The lowest BCUT2D eigenvalue weighted by Crippen LogP contribution is -2.60. The molecule has 1 aliphatic heterocycles. The summed E-state index contributed by atoms with van der Waals surface area (Å²) in [7, 11) is 0. The lowest BCUT2D eigenvalue weighted by molar-refractivity contribution is -0.303. The molecule has 0 aromatic rings. The van der Waals surface area contributed by atoms with Crippen LogP contribution in [0.15, 0.2) is 0 Å². The van der Waals surface area contributed by atoms with Gasteiger partial charge in [-0.05, 0) is 85.4 Å². The third-order valence-electron chi connectivity index (χ3n) is 16.0. The molecule has 5 aliphatic carbocycles. The molecule has 0 spiro atoms. The summed E-state index contributed by atoms with van der Waals surface area (Å²) in [4.78, 5) is 13.1. The zero-order chi connectivity index (χ0) is 39.6. The molecule has 56 heavy (non-hydrogen) atoms. The predicted molar refractivity (Wildman–Crippen MR) is 216 cm³/mol. The average Bonchev–Trinajstić information content (AvgIpc) is 3.77. The van der Waals surface area contributed by atoms with Crippen LogP contribution >= 0.6 is 0 Å². The second-order valence-electron chi connectivity index (χ2n) is 19.4. The predicted octanol–water partition coefficient (Wildman–Crippen LogP) is 6.40. The Bertz CT molecular complexity index is 1150. The molecule has 6 fully saturated rings. The van der Waals surface area contributed by atoms with Crippen LogP contribution in [0.2, 0.25) is 0 Å². The van der Waals surface area contributed by atoms with Gasteiger partial charge in [0.1, 0.15) is 30.5 Å². The maximum absolute atomic E-state index is 13.1. The lowest BCUT2D eigenvalue weighted by Gasteiger charge is -2.48. The largest absolute Gasteiger partial charge is 0.394 e. The van der Waals surface area contributed by atoms with Crippen molar-refractivity contribution < 1.29 is 44.9 Å². The molecule has 5 saturated carbocycles. The van der Waals surface area contributed by atoms with E-state index in [9.17, 15) is 35.4 Å². The molecule has 1 heterocycles. The summed E-state index contributed by atoms with van der Waals surface area (Å²) in [5, 5.41) is 65.3. The number of aliphatic hydroxyl groups is 6. The summed E-state index contributed by atoms with van der Waals surface area (Å²) in [5.41, 5.74) is 0. The van der Waals surface area contributed by atoms with Crippen molar-refractivity contribution in [1.82, 2.24) is 5.32 Å². The third-order valence-corrected chi connectivity index (χ3v) is 16.0. The van der Waals surface area contributed by atoms with Crippen molar-refractivity contribution in [1.29, 1.82) is 0 Å². The summed E-state index contributed by atoms with van der Waals surface area (Å²) in [6, 6.07) is -0.979. The fourth-order valence-electron chi connectivity index (χ4n) is 13.3. The highest BCUT2D eigenvalue weighted by Gasteiger charge is 2.79. The molecule has 10 nitrogen and oxygen atoms in total. The van der Waals surface area contributed by atoms with Gasteiger partial charge in [0, 0.05) is 6.42 Å². The molecule has 0 aromatic carbocycles. The van der Waals surface area contributed by atoms with E-state index in [-0.39, 0.29) is 12.5 Å². The molecule has 6 rings (SSSR count). The Kier molecular flexibility index (Phi) is 17.7. The van der Waals surface area contributed by atoms with Crippen LogP contribution in [0.1, 0.15) is 167 Å². The number of ether oxygens (including phenoxy) is 2. The Morgan fingerprint density at radius 2 is 1.21 bits per heavy atom. The molecule has 17 atom stereocenters. The van der Waals surface area contributed by atoms with Crippen LogP contribution in [0.25, 0.3) is 0 Å². The van der Waals surface area contributed by atoms with Gasteiger partial charge in [-0.1, -0.05) is 129 Å². The maximum atomic E-state index is 13.1. The van der Waals surface area contributed by atoms with E-state index in [1.165, 1.54) is 102 Å². The van der Waals surface area contributed by atoms with Crippen molar-refractivity contribution in [2.75, 3.05) is 13.2 Å². The quantitative estimate of drug-likeness (QED) is 0.0394. The van der Waals surface area contributed by atoms with Crippen LogP contribution in [-0.2, 0) is 14.3 Å². The number of rotatable bonds is 31. The molecule has 2 bridgehead atoms. The second kappa shape index (κ2) is 22.1. The molecule has 7 N–H and O–H groups in total. The number of carbonyl (C=O) groups excluding carboxylic acids is 1. The third kappa shape index (κ3) is 10.5. The van der Waals surface area contributed by atoms with Crippen molar-refractivity contribution >= 4 is 5.91 Å². The minimum atomic E-state index is -1.60. The SMILES string of the molecule is CCCCCCCCCCCCCCC(O)[C@@H](O)[C@H](COC1OC(CO)C(O)C(O)C1O)NC(=O)CCCCCCCCCCC1C2C3CC4C5C3CC2C5C14. The van der Waals surface area contributed by atoms with Gasteiger partial charge in [-0.15, -0.1) is 0 Å². The van der Waals surface area contributed by atoms with E-state index < -0.39 is 55.6 Å². The number of aliphatic hydroxyl groups excluding tert-OH is 6. The van der Waals surface area contributed by atoms with Crippen LogP contribution < -0.4 is 5.32 Å². The Labute approximate surface area is 338 Å². The Hall–Kier alpha value is -0.850. The van der Waals surface area contributed by atoms with Crippen molar-refractivity contribution in [2.24, 2.45) is 53.3 Å². The molecule has 0 radical (unpaired) electrons. The first-order valence-electron chi connectivity index (χ1n) is 23.8. The van der Waals surface area contributed by atoms with E-state index >= 15 is 0 Å². The lowest BCUT2D eigenvalue weighted by atomic mass is 9.57. The number of carbonyl (C=O) groups is 1. The van der Waals surface area contributed by atoms with Crippen LogP contribution in [0.4, 0.5) is 0 Å². The summed E-state index contributed by atoms with van der Waals surface area (Å²) < 4.78 is 11.2. The zero-order valence-corrected chi connectivity index (χ0v) is 34.8. The van der Waals surface area contributed by atoms with Crippen molar-refractivity contribution in [3.8, 4) is 0 Å². The molecular weight excluding hydrogens is 711 g/mol. The Morgan fingerprint density at radius 1 is 0.661 bits per heavy atom. The van der Waals surface area contributed by atoms with Crippen LogP contribution in [0.5, 0.6) is 0 Å². The molecular formula is C46H81NO9. The minimum Gasteiger partial charge on any atom is -0.394 e. The fraction of sp³-hybridized carbons (Fsp3) is 0.978. The van der Waals surface area contributed by atoms with Gasteiger partial charge < -0.3 is 45.4 Å². The highest BCUT2D eigenvalue weighted by atomic mass is 16.7. The number of hydrogen-bond donors (Lipinski definition) is 7. The monoisotopic (exact) mass is 792 g/mol. The van der Waals surface area contributed by atoms with E-state index in [0.29, 0.717) is 12.8 Å². The first-order valence-corrected chi connectivity index (χ1v) is 23.8. The first-order chi connectivity index (χ1) is 27.3. The van der Waals surface area contributed by atoms with Gasteiger partial charge in [-0.3, -0.25) is 4.79 Å². The molecule has 1 amide bonds. The van der Waals surface area contributed by atoms with Crippen molar-refractivity contribution in [3.05, 3.63) is 0 Å². The van der Waals surface area contributed by atoms with Gasteiger partial charge >= 0.3 is 0 Å². The van der Waals surface area contributed by atoms with Crippen molar-refractivity contribution in [2.45, 2.75) is 216 Å². The van der Waals surface area contributed by atoms with E-state index in [1.807, 2.05) is 0 Å². The number of amides is 1. The van der Waals surface area contributed by atoms with E-state index in [4.69, 9.17) is 9.47 Å². The highest BCUT2D eigenvalue weighted by Crippen LogP contribution is 2.84. The van der Waals surface area contributed by atoms with Crippen molar-refractivity contribution in [3.63, 3.8) is 0 Å². The topological polar surface area (TPSA) is 169 Å². The highest BCUT2D eigenvalue weighted by molar-refractivity contribution is 5.76. The summed E-state index contributed by atoms with van der Waals surface area (Å²) in [6.45, 7) is 1.36. The normalized spacial score (nSPS) is 37.6. The van der Waals surface area contributed by atoms with Gasteiger partial charge in [0.2, 0.25) is 5.91 Å². The van der Waals surface area contributed by atoms with Gasteiger partial charge in [0.15, 0.2) is 6.29 Å². The van der Waals surface area contributed by atoms with Gasteiger partial charge in [-0.2, -0.15) is 0 Å². The van der Waals surface area contributed by atoms with Crippen LogP contribution in [0, 0.1) is 53.3 Å². The Morgan fingerprint density at radius 3 is 1.84 bits per heavy atom. The number of unbranched alkanes of at least 4 members (excludes halogenated alkanes) is 18. The van der Waals surface area contributed by atoms with Gasteiger partial charge in [0.05, 0.1) is 25.4 Å². The van der Waals surface area contributed by atoms with Crippen LogP contribution in [0.3, 0.4) is 0 Å². The average molecular weight is 792 g/mol. The van der Waals surface area contributed by atoms with E-state index in [1.54, 1.807) is 12.8 Å². The molecule has 15 unspecified atom stereocenters. The smallest absolute Gasteiger partial charge is 0.220 e. The Balaban J connectivity index is 0.834. The fourth-order valence-corrected chi connectivity index (χ4v) is 13.3. The second-order valence-corrected chi connectivity index (χ2v) is 19.4. The van der Waals surface area contributed by atoms with Gasteiger partial charge in [-0.25, -0.2) is 0 Å². The number of nitrogens with one attached hydrogen (secondary N) is 1. The molecule has 6 aliphatic rings. The molecule has 0 aromatic heterocycles. The molecule has 324 valence electrons. The maximum Gasteiger partial charge on any atom is 0.220 e. The zero-order valence-electron chi connectivity index (χ0n) is 34.8. The summed E-state index contributed by atoms with van der Waals surface area (Å²) in [6.07, 6.45) is 19.4. The van der Waals surface area contributed by atoms with E-state index in [2.05, 4.69) is 12.2 Å². The first kappa shape index (κ1) is 44.7. The standard InChI is InChI=1S/C46H81NO9/c1-2-3-4-5-6-7-8-9-10-14-17-20-23-35(49)42(51)34(28-55-46-45(54)44(53)43(52)36(27-48)56-46)47-37(50)24-21-18-15-12-11-13-16-19-22-29-38-30-25-33-39(29)41-32(38)26-31(30)40(33)41/h29-36,38-46,48-49,51-54H,2-28H2,1H3,(H,47,50)/t29?,30?,31?,32?,33?,34-,35?,36?,38?,39?,40?,41?,42-,43?,44?,45?,46?/m0/s1. The summed E-state index contributed by atoms with van der Waals surface area (Å²) >= 11 is 0. The van der Waals surface area contributed by atoms with Gasteiger partial charge in [0.25, 0.3) is 0 Å². The molecule has 10 heteroatoms. The minimum absolute atomic E-state index is 0.242. The number of hydrogen-bond acceptors (Lipinski definition) is 9. The summed E-state index contributed by atoms with van der Waals surface area (Å²) in [5.74, 6) is 9.93. The number of fused-ring (bicyclic) bond motifs is 2. The molecule has 1 saturated heterocycles.